The number of aliphatic hydroxyl groups is 5. The molecule has 0 spiro atoms. The molecule has 51 heavy (non-hydrogen) atoms. The topological polar surface area (TPSA) is 194 Å². The number of aliphatic hydroxyl groups excluding tert-OH is 3. The zero-order valence-electron chi connectivity index (χ0n) is 32.9. The van der Waals surface area contributed by atoms with E-state index in [1.807, 2.05) is 25.9 Å². The maximum atomic E-state index is 14.1. The molecular weight excluding hydrogens is 666 g/mol. The summed E-state index contributed by atoms with van der Waals surface area (Å²) < 4.78 is 37.1. The number of likely N-dealkylation sites (N-methyl/N-ethyl adjacent to an activating group) is 1. The van der Waals surface area contributed by atoms with Crippen LogP contribution in [0, 0.1) is 23.7 Å². The lowest BCUT2D eigenvalue weighted by Gasteiger charge is -2.49. The molecule has 0 aliphatic carbocycles. The van der Waals surface area contributed by atoms with Crippen LogP contribution < -0.4 is 0 Å². The van der Waals surface area contributed by atoms with Crippen molar-refractivity contribution >= 4 is 11.8 Å². The zero-order valence-corrected chi connectivity index (χ0v) is 32.9. The van der Waals surface area contributed by atoms with Gasteiger partial charge in [0.05, 0.1) is 47.6 Å². The van der Waals surface area contributed by atoms with Gasteiger partial charge in [0.25, 0.3) is 0 Å². The first-order valence-electron chi connectivity index (χ1n) is 18.5. The summed E-state index contributed by atoms with van der Waals surface area (Å²) in [6.45, 7) is 16.3. The van der Waals surface area contributed by atoms with Crippen LogP contribution in [-0.2, 0) is 38.0 Å². The Morgan fingerprint density at radius 2 is 1.49 bits per heavy atom. The lowest BCUT2D eigenvalue weighted by Crippen LogP contribution is -2.61. The van der Waals surface area contributed by atoms with E-state index in [4.69, 9.17) is 28.4 Å². The second-order valence-electron chi connectivity index (χ2n) is 16.5. The fourth-order valence-electron chi connectivity index (χ4n) is 8.41. The normalized spacial score (nSPS) is 49.7. The van der Waals surface area contributed by atoms with Gasteiger partial charge < -0.3 is 58.9 Å². The predicted octanol–water partition coefficient (Wildman–Crippen LogP) is 1.79. The first kappa shape index (κ1) is 44.1. The van der Waals surface area contributed by atoms with Gasteiger partial charge in [-0.15, -0.1) is 0 Å². The highest BCUT2D eigenvalue weighted by Gasteiger charge is 2.53. The van der Waals surface area contributed by atoms with E-state index in [1.165, 1.54) is 27.9 Å². The molecular formula is C37H67NO13. The first-order valence-corrected chi connectivity index (χ1v) is 18.5. The number of nitrogens with zero attached hydrogens (tertiary/aromatic N) is 1. The van der Waals surface area contributed by atoms with Crippen LogP contribution in [0.3, 0.4) is 0 Å². The van der Waals surface area contributed by atoms with Crippen LogP contribution >= 0.6 is 0 Å². The molecule has 0 aromatic heterocycles. The molecule has 3 aliphatic heterocycles. The minimum Gasteiger partial charge on any atom is -0.459 e. The Labute approximate surface area is 304 Å². The first-order chi connectivity index (χ1) is 23.4. The number of rotatable bonds is 7. The fraction of sp³-hybridized carbons (Fsp3) is 0.946. The SMILES string of the molecule is CC[C@H]1OC(=O)[C@H](C)[C@@H](O[C@H]2C[C@](C)(OC)[C@H](O)[C@@H](C)O2)[C@H](C)[C@@H](O[C@@H]2O[C@H](C)C[C@H](N(C)C)[C@H]2O)[C@](C)(O)C[C@@H](C)C(=O)[C@H](C)[C@@H](O)[C@]1(C)O. The van der Waals surface area contributed by atoms with Crippen molar-refractivity contribution in [2.24, 2.45) is 23.7 Å². The van der Waals surface area contributed by atoms with Crippen LogP contribution in [0.4, 0.5) is 0 Å². The summed E-state index contributed by atoms with van der Waals surface area (Å²) in [5.41, 5.74) is -4.84. The molecule has 0 unspecified atom stereocenters. The Balaban J connectivity index is 2.18. The Bertz CT molecular complexity index is 1170. The second-order valence-corrected chi connectivity index (χ2v) is 16.5. The van der Waals surface area contributed by atoms with Gasteiger partial charge in [0.2, 0.25) is 0 Å². The molecule has 3 fully saturated rings. The quantitative estimate of drug-likeness (QED) is 0.238. The highest BCUT2D eigenvalue weighted by molar-refractivity contribution is 5.83. The molecule has 18 atom stereocenters. The van der Waals surface area contributed by atoms with Crippen LogP contribution in [0.15, 0.2) is 0 Å². The van der Waals surface area contributed by atoms with Gasteiger partial charge in [-0.3, -0.25) is 9.59 Å². The predicted molar refractivity (Wildman–Crippen MR) is 186 cm³/mol. The number of esters is 1. The smallest absolute Gasteiger partial charge is 0.311 e. The highest BCUT2D eigenvalue weighted by atomic mass is 16.7. The number of hydrogen-bond donors (Lipinski definition) is 5. The van der Waals surface area contributed by atoms with E-state index < -0.39 is 108 Å². The molecule has 3 rings (SSSR count). The van der Waals surface area contributed by atoms with Crippen molar-refractivity contribution in [3.05, 3.63) is 0 Å². The fourth-order valence-corrected chi connectivity index (χ4v) is 8.41. The summed E-state index contributed by atoms with van der Waals surface area (Å²) in [5.74, 6) is -4.98. The van der Waals surface area contributed by atoms with Gasteiger partial charge >= 0.3 is 5.97 Å². The molecule has 0 radical (unpaired) electrons. The average molecular weight is 734 g/mol. The van der Waals surface area contributed by atoms with Crippen molar-refractivity contribution in [1.29, 1.82) is 0 Å². The van der Waals surface area contributed by atoms with Gasteiger partial charge in [0.1, 0.15) is 29.7 Å². The molecule has 0 amide bonds. The van der Waals surface area contributed by atoms with Gasteiger partial charge in [-0.2, -0.15) is 0 Å². The summed E-state index contributed by atoms with van der Waals surface area (Å²) in [7, 11) is 5.18. The molecule has 14 nitrogen and oxygen atoms in total. The molecule has 14 heteroatoms. The van der Waals surface area contributed by atoms with Crippen molar-refractivity contribution in [3.63, 3.8) is 0 Å². The number of methoxy groups -OCH3 is 1. The molecule has 0 aromatic rings. The number of carbonyl (C=O) groups is 2. The van der Waals surface area contributed by atoms with Gasteiger partial charge in [0, 0.05) is 37.3 Å². The van der Waals surface area contributed by atoms with Crippen LogP contribution in [0.5, 0.6) is 0 Å². The Hall–Kier alpha value is -1.30. The summed E-state index contributed by atoms with van der Waals surface area (Å²) in [5, 5.41) is 57.6. The maximum absolute atomic E-state index is 14.1. The minimum atomic E-state index is -1.99. The largest absolute Gasteiger partial charge is 0.459 e. The third-order valence-electron chi connectivity index (χ3n) is 11.8. The highest BCUT2D eigenvalue weighted by Crippen LogP contribution is 2.40. The number of carbonyl (C=O) groups excluding carboxylic acids is 2. The van der Waals surface area contributed by atoms with Crippen LogP contribution in [0.25, 0.3) is 0 Å². The van der Waals surface area contributed by atoms with Gasteiger partial charge in [-0.25, -0.2) is 0 Å². The summed E-state index contributed by atoms with van der Waals surface area (Å²) in [4.78, 5) is 29.8. The molecule has 5 N–H and O–H groups in total. The van der Waals surface area contributed by atoms with Crippen LogP contribution in [0.2, 0.25) is 0 Å². The van der Waals surface area contributed by atoms with E-state index in [1.54, 1.807) is 41.5 Å². The molecule has 3 aliphatic rings. The Morgan fingerprint density at radius 1 is 0.882 bits per heavy atom. The van der Waals surface area contributed by atoms with Crippen molar-refractivity contribution in [3.8, 4) is 0 Å². The van der Waals surface area contributed by atoms with E-state index in [2.05, 4.69) is 0 Å². The maximum Gasteiger partial charge on any atom is 0.311 e. The van der Waals surface area contributed by atoms with Gasteiger partial charge in [-0.1, -0.05) is 27.7 Å². The van der Waals surface area contributed by atoms with E-state index in [-0.39, 0.29) is 31.4 Å². The summed E-state index contributed by atoms with van der Waals surface area (Å²) >= 11 is 0. The van der Waals surface area contributed by atoms with Crippen molar-refractivity contribution in [2.45, 2.75) is 179 Å². The third kappa shape index (κ3) is 9.51. The monoisotopic (exact) mass is 733 g/mol. The summed E-state index contributed by atoms with van der Waals surface area (Å²) in [6, 6.07) is -0.324. The number of ether oxygens (including phenoxy) is 6. The van der Waals surface area contributed by atoms with Crippen LogP contribution in [-0.4, -0.2) is 148 Å². The molecule has 3 saturated heterocycles. The molecule has 298 valence electrons. The minimum absolute atomic E-state index is 0.0936. The Morgan fingerprint density at radius 3 is 2.04 bits per heavy atom. The lowest BCUT2D eigenvalue weighted by molar-refractivity contribution is -0.318. The second kappa shape index (κ2) is 17.0. The molecule has 0 bridgehead atoms. The van der Waals surface area contributed by atoms with E-state index in [0.29, 0.717) is 6.42 Å². The van der Waals surface area contributed by atoms with Crippen molar-refractivity contribution in [1.82, 2.24) is 4.90 Å². The van der Waals surface area contributed by atoms with E-state index >= 15 is 0 Å². The molecule has 0 aromatic carbocycles. The Kier molecular flexibility index (Phi) is 14.7. The number of cyclic esters (lactones) is 1. The van der Waals surface area contributed by atoms with Gasteiger partial charge in [-0.05, 0) is 74.9 Å². The molecule has 0 saturated carbocycles. The standard InChI is InChI=1S/C37H67NO13/c1-14-25-37(10,45)30(41)20(4)27(39)18(2)16-35(8,44)32(51-34-28(40)24(38(11)12)15-19(3)47-34)21(5)29(22(6)33(43)49-25)50-26-17-36(9,46-13)31(42)23(7)48-26/h18-26,28-32,34,40-42,44-45H,14-17H2,1-13H3/t18-,19-,20+,21+,22-,23-,24+,25-,26+,28-,29+,30-,31-,32-,34+,35-,36+,37-/m1/s1. The molecule has 3 heterocycles. The van der Waals surface area contributed by atoms with Crippen LogP contribution in [0.1, 0.15) is 94.9 Å². The zero-order chi connectivity index (χ0) is 39.0. The van der Waals surface area contributed by atoms with Crippen molar-refractivity contribution < 1.29 is 63.5 Å². The average Bonchev–Trinajstić information content (AvgIpc) is 3.05. The third-order valence-corrected chi connectivity index (χ3v) is 11.8. The summed E-state index contributed by atoms with van der Waals surface area (Å²) in [6.07, 6.45) is -9.71. The number of hydrogen-bond acceptors (Lipinski definition) is 14. The van der Waals surface area contributed by atoms with E-state index in [9.17, 15) is 35.1 Å². The van der Waals surface area contributed by atoms with E-state index in [0.717, 1.165) is 0 Å². The number of ketones is 1. The lowest BCUT2D eigenvalue weighted by atomic mass is 9.74. The van der Waals surface area contributed by atoms with Crippen molar-refractivity contribution in [2.75, 3.05) is 21.2 Å². The van der Waals surface area contributed by atoms with Gasteiger partial charge in [0.15, 0.2) is 12.6 Å². The number of Topliss-reactive ketones (excluding diaryl/α,β-unsaturated/α-hetero) is 1.